The first-order valence-electron chi connectivity index (χ1n) is 2.60. The number of hydrogen-bond donors (Lipinski definition) is 0. The van der Waals surface area contributed by atoms with Crippen LogP contribution in [0.25, 0.3) is 0 Å². The molecule has 0 aromatic heterocycles. The Morgan fingerprint density at radius 1 is 1.88 bits per heavy atom. The summed E-state index contributed by atoms with van der Waals surface area (Å²) in [5.41, 5.74) is 0.729. The maximum Gasteiger partial charge on any atom is 0.239 e. The average Bonchev–Trinajstić information content (AvgIpc) is 1.83. The number of carbonyl (C=O) groups is 1. The van der Waals surface area contributed by atoms with Crippen molar-refractivity contribution in [1.29, 1.82) is 0 Å². The lowest BCUT2D eigenvalue weighted by molar-refractivity contribution is -0.129. The first-order chi connectivity index (χ1) is 3.64. The lowest BCUT2D eigenvalue weighted by Crippen LogP contribution is -2.51. The van der Waals surface area contributed by atoms with Crippen molar-refractivity contribution >= 4 is 13.9 Å². The van der Waals surface area contributed by atoms with Gasteiger partial charge in [0.05, 0.1) is 0 Å². The number of hydrogen-bond acceptors (Lipinski definition) is 1. The molecule has 1 atom stereocenters. The van der Waals surface area contributed by atoms with Gasteiger partial charge < -0.3 is 4.81 Å². The fourth-order valence-corrected chi connectivity index (χ4v) is 0.749. The highest BCUT2D eigenvalue weighted by molar-refractivity contribution is 6.23. The zero-order valence-corrected chi connectivity index (χ0v) is 5.14. The molecule has 0 N–H and O–H groups in total. The van der Waals surface area contributed by atoms with Gasteiger partial charge in [0.2, 0.25) is 13.9 Å². The minimum atomic E-state index is 0.0810. The largest absolute Gasteiger partial charge is 0.383 e. The van der Waals surface area contributed by atoms with Crippen molar-refractivity contribution in [2.24, 2.45) is 0 Å². The molecule has 0 spiro atoms. The maximum atomic E-state index is 10.6. The Kier molecular flexibility index (Phi) is 0.929. The van der Waals surface area contributed by atoms with E-state index < -0.39 is 0 Å². The molecule has 0 aromatic rings. The van der Waals surface area contributed by atoms with Gasteiger partial charge >= 0.3 is 0 Å². The Hall–Kier alpha value is -0.725. The second kappa shape index (κ2) is 1.37. The molecule has 0 aromatic carbocycles. The van der Waals surface area contributed by atoms with Gasteiger partial charge in [-0.05, 0) is 6.92 Å². The average molecular weight is 109 g/mol. The van der Waals surface area contributed by atoms with Crippen LogP contribution in [0.3, 0.4) is 0 Å². The Bertz CT molecular complexity index is 137. The van der Waals surface area contributed by atoms with Crippen molar-refractivity contribution in [1.82, 2.24) is 4.81 Å². The van der Waals surface area contributed by atoms with Crippen LogP contribution < -0.4 is 0 Å². The molecule has 1 amide bonds. The summed E-state index contributed by atoms with van der Waals surface area (Å²) in [6.45, 7) is 5.54. The zero-order chi connectivity index (χ0) is 6.31. The quantitative estimate of drug-likeness (QED) is 0.229. The van der Waals surface area contributed by atoms with Gasteiger partial charge in [-0.1, -0.05) is 6.58 Å². The van der Waals surface area contributed by atoms with Gasteiger partial charge in [-0.25, -0.2) is 0 Å². The number of carbonyl (C=O) groups excluding carboxylic acids is 1. The first-order valence-corrected chi connectivity index (χ1v) is 2.60. The van der Waals surface area contributed by atoms with Crippen molar-refractivity contribution in [3.8, 4) is 0 Å². The summed E-state index contributed by atoms with van der Waals surface area (Å²) in [5.74, 6) is 0.0810. The summed E-state index contributed by atoms with van der Waals surface area (Å²) in [6, 6.07) is 0.266. The predicted octanol–water partition coefficient (Wildman–Crippen LogP) is -0.679. The normalized spacial score (nSPS) is 28.1. The summed E-state index contributed by atoms with van der Waals surface area (Å²) in [6.07, 6.45) is 0. The third kappa shape index (κ3) is 0.413. The molecule has 1 fully saturated rings. The van der Waals surface area contributed by atoms with Crippen LogP contribution in [0.2, 0.25) is 0 Å². The van der Waals surface area contributed by atoms with Gasteiger partial charge in [0.1, 0.15) is 0 Å². The van der Waals surface area contributed by atoms with E-state index >= 15 is 0 Å². The molecule has 0 radical (unpaired) electrons. The lowest BCUT2D eigenvalue weighted by atomic mass is 9.94. The molecule has 1 unspecified atom stereocenters. The Labute approximate surface area is 49.6 Å². The van der Waals surface area contributed by atoms with Crippen molar-refractivity contribution in [2.45, 2.75) is 13.0 Å². The monoisotopic (exact) mass is 109 g/mol. The van der Waals surface area contributed by atoms with Crippen LogP contribution in [0.1, 0.15) is 6.92 Å². The summed E-state index contributed by atoms with van der Waals surface area (Å²) in [5, 5.41) is 0. The Balaban J connectivity index is 2.68. The van der Waals surface area contributed by atoms with E-state index in [4.69, 9.17) is 0 Å². The van der Waals surface area contributed by atoms with Crippen LogP contribution in [0.4, 0.5) is 0 Å². The lowest BCUT2D eigenvalue weighted by Gasteiger charge is -2.37. The number of nitrogens with zero attached hydrogens (tertiary/aromatic N) is 1. The molecule has 1 heterocycles. The Morgan fingerprint density at radius 2 is 2.38 bits per heavy atom. The van der Waals surface area contributed by atoms with Crippen LogP contribution in [0.5, 0.6) is 0 Å². The van der Waals surface area contributed by atoms with Gasteiger partial charge in [-0.3, -0.25) is 4.79 Å². The van der Waals surface area contributed by atoms with E-state index in [9.17, 15) is 4.79 Å². The predicted molar refractivity (Wildman–Crippen MR) is 34.0 cm³/mol. The highest BCUT2D eigenvalue weighted by atomic mass is 16.2. The van der Waals surface area contributed by atoms with Crippen LogP contribution in [-0.4, -0.2) is 24.7 Å². The Morgan fingerprint density at radius 3 is 2.50 bits per heavy atom. The first kappa shape index (κ1) is 5.41. The summed E-state index contributed by atoms with van der Waals surface area (Å²) in [7, 11) is 1.78. The smallest absolute Gasteiger partial charge is 0.239 e. The molecule has 3 heteroatoms. The second-order valence-corrected chi connectivity index (χ2v) is 2.12. The van der Waals surface area contributed by atoms with Gasteiger partial charge in [0.15, 0.2) is 0 Å². The highest BCUT2D eigenvalue weighted by Crippen LogP contribution is 2.19. The minimum absolute atomic E-state index is 0.0810. The topological polar surface area (TPSA) is 20.3 Å². The van der Waals surface area contributed by atoms with E-state index in [2.05, 4.69) is 6.58 Å². The molecule has 8 heavy (non-hydrogen) atoms. The van der Waals surface area contributed by atoms with E-state index in [1.165, 1.54) is 0 Å². The van der Waals surface area contributed by atoms with Gasteiger partial charge in [0.25, 0.3) is 0 Å². The summed E-state index contributed by atoms with van der Waals surface area (Å²) in [4.78, 5) is 12.3. The number of amides is 1. The van der Waals surface area contributed by atoms with Crippen molar-refractivity contribution in [3.05, 3.63) is 12.2 Å². The SMILES string of the molecule is BN1C(=O)C(=C)C1C. The molecule has 1 rings (SSSR count). The molecule has 0 saturated carbocycles. The molecule has 0 aliphatic carbocycles. The van der Waals surface area contributed by atoms with Crippen molar-refractivity contribution < 1.29 is 4.79 Å². The third-order valence-electron chi connectivity index (χ3n) is 1.68. The maximum absolute atomic E-state index is 10.6. The van der Waals surface area contributed by atoms with Crippen LogP contribution in [0.15, 0.2) is 12.2 Å². The molecule has 1 aliphatic heterocycles. The fraction of sp³-hybridized carbons (Fsp3) is 0.400. The molecule has 0 bridgehead atoms. The van der Waals surface area contributed by atoms with Crippen LogP contribution in [0, 0.1) is 0 Å². The standard InChI is InChI=1S/C5H8BNO/c1-3-4(2)7(6)5(3)8/h4H,1,6H2,2H3. The van der Waals surface area contributed by atoms with Crippen molar-refractivity contribution in [3.63, 3.8) is 0 Å². The van der Waals surface area contributed by atoms with Gasteiger partial charge in [-0.2, -0.15) is 0 Å². The molecule has 2 nitrogen and oxygen atoms in total. The van der Waals surface area contributed by atoms with E-state index in [1.54, 1.807) is 12.8 Å². The van der Waals surface area contributed by atoms with Crippen molar-refractivity contribution in [2.75, 3.05) is 0 Å². The number of β-lactam (4-membered cyclic amide) rings is 1. The van der Waals surface area contributed by atoms with Gasteiger partial charge in [-0.15, -0.1) is 0 Å². The molecule has 42 valence electrons. The third-order valence-corrected chi connectivity index (χ3v) is 1.68. The molecular weight excluding hydrogens is 101 g/mol. The van der Waals surface area contributed by atoms with E-state index in [1.807, 2.05) is 6.92 Å². The highest BCUT2D eigenvalue weighted by Gasteiger charge is 2.32. The molecular formula is C5H8BNO. The van der Waals surface area contributed by atoms with E-state index in [0.29, 0.717) is 0 Å². The van der Waals surface area contributed by atoms with E-state index in [0.717, 1.165) is 5.57 Å². The van der Waals surface area contributed by atoms with Gasteiger partial charge in [0, 0.05) is 11.6 Å². The second-order valence-electron chi connectivity index (χ2n) is 2.12. The summed E-state index contributed by atoms with van der Waals surface area (Å²) >= 11 is 0. The van der Waals surface area contributed by atoms with Crippen LogP contribution in [-0.2, 0) is 4.79 Å². The number of rotatable bonds is 0. The minimum Gasteiger partial charge on any atom is -0.383 e. The fourth-order valence-electron chi connectivity index (χ4n) is 0.749. The molecule has 1 aliphatic rings. The zero-order valence-electron chi connectivity index (χ0n) is 5.14. The summed E-state index contributed by atoms with van der Waals surface area (Å²) < 4.78 is 0. The molecule has 1 saturated heterocycles. The van der Waals surface area contributed by atoms with E-state index in [-0.39, 0.29) is 11.9 Å². The van der Waals surface area contributed by atoms with Crippen LogP contribution >= 0.6 is 0 Å².